The van der Waals surface area contributed by atoms with Crippen molar-refractivity contribution in [3.63, 3.8) is 0 Å². The highest BCUT2D eigenvalue weighted by molar-refractivity contribution is 9.10. The first-order valence-electron chi connectivity index (χ1n) is 7.94. The molecule has 3 atom stereocenters. The van der Waals surface area contributed by atoms with E-state index in [0.717, 1.165) is 29.7 Å². The Bertz CT molecular complexity index is 466. The molecule has 2 rings (SSSR count). The van der Waals surface area contributed by atoms with E-state index in [-0.39, 0.29) is 0 Å². The lowest BCUT2D eigenvalue weighted by Gasteiger charge is -2.43. The molecule has 4 heteroatoms. The van der Waals surface area contributed by atoms with Crippen LogP contribution >= 0.6 is 15.9 Å². The number of hydrogen-bond donors (Lipinski definition) is 1. The van der Waals surface area contributed by atoms with Gasteiger partial charge in [-0.1, -0.05) is 27.2 Å². The summed E-state index contributed by atoms with van der Waals surface area (Å²) in [5.74, 6) is 1.59. The van der Waals surface area contributed by atoms with Crippen LogP contribution in [0.1, 0.15) is 33.6 Å². The zero-order valence-electron chi connectivity index (χ0n) is 13.5. The number of nitrogens with zero attached hydrogens (tertiary/aromatic N) is 1. The van der Waals surface area contributed by atoms with Gasteiger partial charge in [0.1, 0.15) is 5.75 Å². The van der Waals surface area contributed by atoms with Gasteiger partial charge in [-0.3, -0.25) is 0 Å². The van der Waals surface area contributed by atoms with E-state index in [1.54, 1.807) is 7.11 Å². The fourth-order valence-corrected chi connectivity index (χ4v) is 3.53. The first-order valence-corrected chi connectivity index (χ1v) is 8.73. The minimum Gasteiger partial charge on any atom is -0.496 e. The van der Waals surface area contributed by atoms with Crippen molar-refractivity contribution in [3.05, 3.63) is 22.7 Å². The minimum atomic E-state index is 0.561. The predicted molar refractivity (Wildman–Crippen MR) is 93.4 cm³/mol. The molecule has 0 aliphatic carbocycles. The Hall–Kier alpha value is -0.740. The second-order valence-corrected chi connectivity index (χ2v) is 6.79. The second kappa shape index (κ2) is 7.50. The van der Waals surface area contributed by atoms with E-state index in [0.29, 0.717) is 18.0 Å². The van der Waals surface area contributed by atoms with Crippen LogP contribution in [0.15, 0.2) is 22.7 Å². The van der Waals surface area contributed by atoms with Crippen molar-refractivity contribution in [2.75, 3.05) is 25.1 Å². The summed E-state index contributed by atoms with van der Waals surface area (Å²) in [6.45, 7) is 9.02. The van der Waals surface area contributed by atoms with Crippen molar-refractivity contribution in [1.82, 2.24) is 5.32 Å². The number of anilines is 1. The van der Waals surface area contributed by atoms with Gasteiger partial charge in [-0.2, -0.15) is 0 Å². The van der Waals surface area contributed by atoms with Crippen LogP contribution in [0.25, 0.3) is 0 Å². The smallest absolute Gasteiger partial charge is 0.133 e. The van der Waals surface area contributed by atoms with Crippen molar-refractivity contribution in [2.45, 2.75) is 45.7 Å². The molecular weight excluding hydrogens is 328 g/mol. The minimum absolute atomic E-state index is 0.561. The molecule has 21 heavy (non-hydrogen) atoms. The molecule has 1 saturated heterocycles. The standard InChI is InChI=1S/C17H27BrN2O/c1-5-12(3)16-11-20(13(6-2)10-19-16)14-7-8-17(21-4)15(18)9-14/h7-9,12-13,16,19H,5-6,10-11H2,1-4H3. The summed E-state index contributed by atoms with van der Waals surface area (Å²) >= 11 is 3.61. The van der Waals surface area contributed by atoms with Crippen LogP contribution in [0, 0.1) is 5.92 Å². The maximum Gasteiger partial charge on any atom is 0.133 e. The molecule has 118 valence electrons. The van der Waals surface area contributed by atoms with Crippen molar-refractivity contribution in [2.24, 2.45) is 5.92 Å². The lowest BCUT2D eigenvalue weighted by Crippen LogP contribution is -2.58. The lowest BCUT2D eigenvalue weighted by atomic mass is 9.94. The van der Waals surface area contributed by atoms with Crippen molar-refractivity contribution >= 4 is 21.6 Å². The van der Waals surface area contributed by atoms with Crippen LogP contribution in [0.2, 0.25) is 0 Å². The van der Waals surface area contributed by atoms with Gasteiger partial charge in [0.15, 0.2) is 0 Å². The highest BCUT2D eigenvalue weighted by Crippen LogP contribution is 2.32. The van der Waals surface area contributed by atoms with E-state index >= 15 is 0 Å². The molecule has 1 aliphatic rings. The predicted octanol–water partition coefficient (Wildman–Crippen LogP) is 4.06. The van der Waals surface area contributed by atoms with Crippen LogP contribution in [-0.4, -0.2) is 32.3 Å². The van der Waals surface area contributed by atoms with Gasteiger partial charge in [0.25, 0.3) is 0 Å². The molecule has 1 fully saturated rings. The Morgan fingerprint density at radius 2 is 2.19 bits per heavy atom. The molecule has 1 aromatic rings. The quantitative estimate of drug-likeness (QED) is 0.862. The monoisotopic (exact) mass is 354 g/mol. The third-order valence-electron chi connectivity index (χ3n) is 4.72. The summed E-state index contributed by atoms with van der Waals surface area (Å²) < 4.78 is 6.36. The fourth-order valence-electron chi connectivity index (χ4n) is 3.00. The summed E-state index contributed by atoms with van der Waals surface area (Å²) in [6.07, 6.45) is 2.37. The molecule has 1 N–H and O–H groups in total. The van der Waals surface area contributed by atoms with E-state index in [1.165, 1.54) is 12.1 Å². The molecule has 1 aliphatic heterocycles. The Balaban J connectivity index is 2.22. The van der Waals surface area contributed by atoms with Crippen molar-refractivity contribution in [3.8, 4) is 5.75 Å². The molecule has 3 nitrogen and oxygen atoms in total. The molecule has 0 spiro atoms. The first-order chi connectivity index (χ1) is 10.1. The second-order valence-electron chi connectivity index (χ2n) is 5.93. The lowest BCUT2D eigenvalue weighted by molar-refractivity contribution is 0.306. The summed E-state index contributed by atoms with van der Waals surface area (Å²) in [6, 6.07) is 7.53. The first kappa shape index (κ1) is 16.6. The molecule has 0 bridgehead atoms. The largest absolute Gasteiger partial charge is 0.496 e. The van der Waals surface area contributed by atoms with Gasteiger partial charge < -0.3 is 15.0 Å². The fraction of sp³-hybridized carbons (Fsp3) is 0.647. The van der Waals surface area contributed by atoms with E-state index in [2.05, 4.69) is 59.1 Å². The Labute approximate surface area is 137 Å². The van der Waals surface area contributed by atoms with Gasteiger partial charge in [-0.05, 0) is 46.5 Å². The van der Waals surface area contributed by atoms with E-state index < -0.39 is 0 Å². The van der Waals surface area contributed by atoms with Crippen molar-refractivity contribution in [1.29, 1.82) is 0 Å². The van der Waals surface area contributed by atoms with Gasteiger partial charge in [0.2, 0.25) is 0 Å². The average molecular weight is 355 g/mol. The summed E-state index contributed by atoms with van der Waals surface area (Å²) in [5.41, 5.74) is 1.28. The topological polar surface area (TPSA) is 24.5 Å². The van der Waals surface area contributed by atoms with E-state index in [1.807, 2.05) is 6.07 Å². The van der Waals surface area contributed by atoms with Crippen LogP contribution < -0.4 is 15.0 Å². The number of rotatable bonds is 5. The van der Waals surface area contributed by atoms with Gasteiger partial charge in [-0.15, -0.1) is 0 Å². The van der Waals surface area contributed by atoms with Gasteiger partial charge in [-0.25, -0.2) is 0 Å². The van der Waals surface area contributed by atoms with Crippen LogP contribution in [-0.2, 0) is 0 Å². The zero-order valence-corrected chi connectivity index (χ0v) is 15.1. The molecule has 1 heterocycles. The van der Waals surface area contributed by atoms with E-state index in [4.69, 9.17) is 4.74 Å². The maximum atomic E-state index is 5.34. The molecule has 0 aromatic heterocycles. The number of benzene rings is 1. The Morgan fingerprint density at radius 3 is 2.76 bits per heavy atom. The number of methoxy groups -OCH3 is 1. The number of piperazine rings is 1. The van der Waals surface area contributed by atoms with Crippen molar-refractivity contribution < 1.29 is 4.74 Å². The number of ether oxygens (including phenoxy) is 1. The van der Waals surface area contributed by atoms with Gasteiger partial charge in [0.05, 0.1) is 11.6 Å². The van der Waals surface area contributed by atoms with Crippen LogP contribution in [0.4, 0.5) is 5.69 Å². The summed E-state index contributed by atoms with van der Waals surface area (Å²) in [4.78, 5) is 2.55. The number of nitrogens with one attached hydrogen (secondary N) is 1. The van der Waals surface area contributed by atoms with Gasteiger partial charge in [0, 0.05) is 30.9 Å². The highest BCUT2D eigenvalue weighted by atomic mass is 79.9. The maximum absolute atomic E-state index is 5.34. The SMILES string of the molecule is CCC(C)C1CN(c2ccc(OC)c(Br)c2)C(CC)CN1. The number of hydrogen-bond acceptors (Lipinski definition) is 3. The third-order valence-corrected chi connectivity index (χ3v) is 5.34. The molecule has 3 unspecified atom stereocenters. The van der Waals surface area contributed by atoms with Crippen LogP contribution in [0.5, 0.6) is 5.75 Å². The summed E-state index contributed by atoms with van der Waals surface area (Å²) in [7, 11) is 1.71. The Kier molecular flexibility index (Phi) is 5.94. The average Bonchev–Trinajstić information content (AvgIpc) is 2.53. The summed E-state index contributed by atoms with van der Waals surface area (Å²) in [5, 5.41) is 3.73. The molecule has 0 saturated carbocycles. The highest BCUT2D eigenvalue weighted by Gasteiger charge is 2.29. The zero-order chi connectivity index (χ0) is 15.4. The molecule has 1 aromatic carbocycles. The third kappa shape index (κ3) is 3.72. The van der Waals surface area contributed by atoms with Gasteiger partial charge >= 0.3 is 0 Å². The van der Waals surface area contributed by atoms with Crippen LogP contribution in [0.3, 0.4) is 0 Å². The Morgan fingerprint density at radius 1 is 1.43 bits per heavy atom. The normalized spacial score (nSPS) is 24.0. The van der Waals surface area contributed by atoms with E-state index in [9.17, 15) is 0 Å². The molecule has 0 radical (unpaired) electrons. The molecule has 0 amide bonds. The molecular formula is C17H27BrN2O. The number of halogens is 1.